The molecule has 7 heteroatoms. The van der Waals surface area contributed by atoms with Gasteiger partial charge in [0.1, 0.15) is 0 Å². The van der Waals surface area contributed by atoms with Crippen LogP contribution in [0, 0.1) is 6.92 Å². The maximum atomic E-state index is 9.93. The lowest BCUT2D eigenvalue weighted by Crippen LogP contribution is -2.23. The molecule has 7 nitrogen and oxygen atoms in total. The third-order valence-corrected chi connectivity index (χ3v) is 5.64. The van der Waals surface area contributed by atoms with Crippen LogP contribution in [0.25, 0.3) is 16.8 Å². The third-order valence-electron chi connectivity index (χ3n) is 5.64. The van der Waals surface area contributed by atoms with Crippen molar-refractivity contribution in [2.45, 2.75) is 57.6 Å². The Labute approximate surface area is 171 Å². The molecule has 29 heavy (non-hydrogen) atoms. The summed E-state index contributed by atoms with van der Waals surface area (Å²) in [4.78, 5) is 9.16. The van der Waals surface area contributed by atoms with Crippen LogP contribution >= 0.6 is 0 Å². The Morgan fingerprint density at radius 2 is 2.00 bits per heavy atom. The number of ether oxygens (including phenoxy) is 1. The second kappa shape index (κ2) is 8.47. The van der Waals surface area contributed by atoms with Crippen LogP contribution in [0.4, 0.5) is 5.95 Å². The van der Waals surface area contributed by atoms with Crippen molar-refractivity contribution in [2.24, 2.45) is 0 Å². The molecule has 0 aliphatic heterocycles. The highest BCUT2D eigenvalue weighted by Crippen LogP contribution is 2.37. The molecule has 1 aliphatic carbocycles. The largest absolute Gasteiger partial charge is 0.393 e. The van der Waals surface area contributed by atoms with Crippen molar-refractivity contribution in [3.63, 3.8) is 0 Å². The van der Waals surface area contributed by atoms with E-state index >= 15 is 0 Å². The topological polar surface area (TPSA) is 84.6 Å². The van der Waals surface area contributed by atoms with Gasteiger partial charge >= 0.3 is 0 Å². The zero-order valence-corrected chi connectivity index (χ0v) is 17.3. The highest BCUT2D eigenvalue weighted by Gasteiger charge is 2.25. The first-order valence-corrected chi connectivity index (χ1v) is 10.3. The number of methoxy groups -OCH3 is 1. The molecule has 3 aromatic heterocycles. The van der Waals surface area contributed by atoms with Gasteiger partial charge in [-0.2, -0.15) is 0 Å². The number of hydrogen-bond donors (Lipinski definition) is 2. The van der Waals surface area contributed by atoms with E-state index in [-0.39, 0.29) is 12.1 Å². The number of aliphatic hydroxyl groups excluding tert-OH is 1. The Morgan fingerprint density at radius 1 is 1.21 bits per heavy atom. The summed E-state index contributed by atoms with van der Waals surface area (Å²) in [5.41, 5.74) is 5.21. The van der Waals surface area contributed by atoms with Gasteiger partial charge < -0.3 is 15.2 Å². The van der Waals surface area contributed by atoms with Gasteiger partial charge in [0, 0.05) is 36.5 Å². The number of aromatic nitrogens is 4. The average molecular weight is 396 g/mol. The van der Waals surface area contributed by atoms with Crippen molar-refractivity contribution in [3.8, 4) is 11.3 Å². The molecule has 0 radical (unpaired) electrons. The third kappa shape index (κ3) is 4.26. The van der Waals surface area contributed by atoms with Gasteiger partial charge in [-0.1, -0.05) is 6.07 Å². The van der Waals surface area contributed by atoms with Gasteiger partial charge in [0.25, 0.3) is 0 Å². The van der Waals surface area contributed by atoms with Gasteiger partial charge in [-0.05, 0) is 57.2 Å². The lowest BCUT2D eigenvalue weighted by Gasteiger charge is -2.25. The minimum Gasteiger partial charge on any atom is -0.393 e. The second-order valence-corrected chi connectivity index (χ2v) is 8.09. The maximum absolute atomic E-state index is 9.93. The molecule has 4 rings (SSSR count). The van der Waals surface area contributed by atoms with Crippen molar-refractivity contribution < 1.29 is 9.84 Å². The molecule has 1 aliphatic rings. The van der Waals surface area contributed by atoms with E-state index in [1.54, 1.807) is 7.11 Å². The number of rotatable bonds is 6. The lowest BCUT2D eigenvalue weighted by molar-refractivity contribution is 0.121. The molecule has 1 atom stereocenters. The predicted molar refractivity (Wildman–Crippen MR) is 113 cm³/mol. The van der Waals surface area contributed by atoms with Gasteiger partial charge in [0.05, 0.1) is 30.1 Å². The molecule has 3 aromatic rings. The standard InChI is InChI=1S/C22H29N5O2/c1-14-4-9-19(23-11-14)18-10-20(16-5-7-17(28)8-6-16)27-21(18)12-24-22(26-27)25-15(2)13-29-3/h4,9-12,15-17,28H,5-8,13H2,1-3H3,(H,25,26)/t15-,16?,17?/m0/s1. The van der Waals surface area contributed by atoms with Crippen molar-refractivity contribution in [1.82, 2.24) is 19.6 Å². The molecule has 0 amide bonds. The summed E-state index contributed by atoms with van der Waals surface area (Å²) < 4.78 is 7.22. The van der Waals surface area contributed by atoms with E-state index in [0.29, 0.717) is 18.5 Å². The van der Waals surface area contributed by atoms with E-state index in [1.807, 2.05) is 36.8 Å². The van der Waals surface area contributed by atoms with Crippen LogP contribution in [0.15, 0.2) is 30.6 Å². The second-order valence-electron chi connectivity index (χ2n) is 8.09. The Bertz CT molecular complexity index is 961. The minimum absolute atomic E-state index is 0.111. The molecular formula is C22H29N5O2. The molecule has 0 spiro atoms. The van der Waals surface area contributed by atoms with E-state index in [0.717, 1.165) is 53.7 Å². The number of anilines is 1. The first-order chi connectivity index (χ1) is 14.0. The molecule has 1 saturated carbocycles. The van der Waals surface area contributed by atoms with Crippen LogP contribution in [0.5, 0.6) is 0 Å². The van der Waals surface area contributed by atoms with Crippen LogP contribution in [0.2, 0.25) is 0 Å². The van der Waals surface area contributed by atoms with Gasteiger partial charge in [0.2, 0.25) is 5.95 Å². The van der Waals surface area contributed by atoms with Crippen LogP contribution in [-0.4, -0.2) is 50.6 Å². The molecule has 0 aromatic carbocycles. The quantitative estimate of drug-likeness (QED) is 0.664. The zero-order chi connectivity index (χ0) is 20.4. The normalized spacial score (nSPS) is 20.7. The first kappa shape index (κ1) is 19.8. The van der Waals surface area contributed by atoms with Crippen LogP contribution in [-0.2, 0) is 4.74 Å². The minimum atomic E-state index is -0.183. The summed E-state index contributed by atoms with van der Waals surface area (Å²) >= 11 is 0. The first-order valence-electron chi connectivity index (χ1n) is 10.3. The number of fused-ring (bicyclic) bond motifs is 1. The molecule has 1 fully saturated rings. The summed E-state index contributed by atoms with van der Waals surface area (Å²) in [6, 6.07) is 6.43. The van der Waals surface area contributed by atoms with E-state index in [9.17, 15) is 5.11 Å². The molecular weight excluding hydrogens is 366 g/mol. The van der Waals surface area contributed by atoms with Crippen LogP contribution < -0.4 is 5.32 Å². The van der Waals surface area contributed by atoms with E-state index in [1.165, 1.54) is 0 Å². The summed E-state index contributed by atoms with van der Waals surface area (Å²) in [6.45, 7) is 4.66. The Kier molecular flexibility index (Phi) is 5.78. The van der Waals surface area contributed by atoms with Gasteiger partial charge in [-0.25, -0.2) is 9.50 Å². The highest BCUT2D eigenvalue weighted by molar-refractivity contribution is 5.79. The monoisotopic (exact) mass is 395 g/mol. The Balaban J connectivity index is 1.76. The highest BCUT2D eigenvalue weighted by atomic mass is 16.5. The number of hydrogen-bond acceptors (Lipinski definition) is 6. The number of aryl methyl sites for hydroxylation is 1. The van der Waals surface area contributed by atoms with Gasteiger partial charge in [-0.15, -0.1) is 5.10 Å². The van der Waals surface area contributed by atoms with Crippen LogP contribution in [0.1, 0.15) is 49.8 Å². The van der Waals surface area contributed by atoms with Crippen LogP contribution in [0.3, 0.4) is 0 Å². The van der Waals surface area contributed by atoms with Gasteiger partial charge in [-0.3, -0.25) is 4.98 Å². The smallest absolute Gasteiger partial charge is 0.241 e. The summed E-state index contributed by atoms with van der Waals surface area (Å²) in [7, 11) is 1.69. The zero-order valence-electron chi connectivity index (χ0n) is 17.3. The average Bonchev–Trinajstić information content (AvgIpc) is 3.08. The van der Waals surface area contributed by atoms with Crippen molar-refractivity contribution >= 4 is 11.5 Å². The molecule has 2 N–H and O–H groups in total. The summed E-state index contributed by atoms with van der Waals surface area (Å²) in [5, 5.41) is 18.0. The number of nitrogens with one attached hydrogen (secondary N) is 1. The number of nitrogens with zero attached hydrogens (tertiary/aromatic N) is 4. The fraction of sp³-hybridized carbons (Fsp3) is 0.500. The molecule has 0 saturated heterocycles. The van der Waals surface area contributed by atoms with E-state index in [2.05, 4.69) is 27.4 Å². The van der Waals surface area contributed by atoms with Crippen molar-refractivity contribution in [3.05, 3.63) is 41.9 Å². The summed E-state index contributed by atoms with van der Waals surface area (Å²) in [5.74, 6) is 0.947. The van der Waals surface area contributed by atoms with E-state index in [4.69, 9.17) is 9.84 Å². The Morgan fingerprint density at radius 3 is 2.69 bits per heavy atom. The Hall–Kier alpha value is -2.51. The SMILES string of the molecule is COC[C@H](C)Nc1ncc2c(-c3ccc(C)cn3)cc(C3CCC(O)CC3)n2n1. The molecule has 0 unspecified atom stereocenters. The van der Waals surface area contributed by atoms with E-state index < -0.39 is 0 Å². The summed E-state index contributed by atoms with van der Waals surface area (Å²) in [6.07, 6.45) is 7.15. The fourth-order valence-electron chi connectivity index (χ4n) is 4.09. The van der Waals surface area contributed by atoms with Gasteiger partial charge in [0.15, 0.2) is 0 Å². The predicted octanol–water partition coefficient (Wildman–Crippen LogP) is 3.57. The molecule has 154 valence electrons. The molecule has 0 bridgehead atoms. The van der Waals surface area contributed by atoms with Crippen molar-refractivity contribution in [2.75, 3.05) is 19.0 Å². The molecule has 3 heterocycles. The lowest BCUT2D eigenvalue weighted by atomic mass is 9.85. The fourth-order valence-corrected chi connectivity index (χ4v) is 4.09. The number of aliphatic hydroxyl groups is 1. The maximum Gasteiger partial charge on any atom is 0.241 e. The van der Waals surface area contributed by atoms with Crippen molar-refractivity contribution in [1.29, 1.82) is 0 Å². The number of pyridine rings is 1.